The van der Waals surface area contributed by atoms with E-state index in [0.29, 0.717) is 41.6 Å². The van der Waals surface area contributed by atoms with Crippen molar-refractivity contribution in [3.05, 3.63) is 47.1 Å². The van der Waals surface area contributed by atoms with Gasteiger partial charge in [-0.05, 0) is 13.0 Å². The lowest BCUT2D eigenvalue weighted by atomic mass is 10.3. The van der Waals surface area contributed by atoms with E-state index in [1.165, 1.54) is 6.07 Å². The predicted molar refractivity (Wildman–Crippen MR) is 74.4 cm³/mol. The first-order chi connectivity index (χ1) is 10.1. The Bertz CT molecular complexity index is 797. The quantitative estimate of drug-likeness (QED) is 0.693. The molecule has 0 saturated carbocycles. The highest BCUT2D eigenvalue weighted by Gasteiger charge is 2.16. The second-order valence-corrected chi connectivity index (χ2v) is 5.12. The van der Waals surface area contributed by atoms with Crippen LogP contribution in [0.5, 0.6) is 0 Å². The van der Waals surface area contributed by atoms with Crippen molar-refractivity contribution in [3.63, 3.8) is 0 Å². The molecule has 0 aliphatic carbocycles. The maximum Gasteiger partial charge on any atom is 0.153 e. The van der Waals surface area contributed by atoms with Crippen LogP contribution in [0, 0.1) is 18.6 Å². The third kappa shape index (κ3) is 2.63. The third-order valence-corrected chi connectivity index (χ3v) is 3.36. The molecule has 0 atom stereocenters. The number of alkyl halides is 1. The molecular formula is C14H12ClF2N3O. The predicted octanol–water partition coefficient (Wildman–Crippen LogP) is 3.44. The Hall–Kier alpha value is -1.95. The van der Waals surface area contributed by atoms with E-state index in [4.69, 9.17) is 16.1 Å². The minimum atomic E-state index is -0.684. The van der Waals surface area contributed by atoms with Crippen LogP contribution in [0.4, 0.5) is 8.78 Å². The Labute approximate surface area is 124 Å². The largest absolute Gasteiger partial charge is 0.361 e. The van der Waals surface area contributed by atoms with Gasteiger partial charge in [-0.2, -0.15) is 0 Å². The first kappa shape index (κ1) is 14.0. The normalized spacial score (nSPS) is 11.4. The Kier molecular flexibility index (Phi) is 3.63. The number of hydrogen-bond donors (Lipinski definition) is 0. The summed E-state index contributed by atoms with van der Waals surface area (Å²) in [4.78, 5) is 4.22. The molecule has 4 nitrogen and oxygen atoms in total. The summed E-state index contributed by atoms with van der Waals surface area (Å²) >= 11 is 5.76. The van der Waals surface area contributed by atoms with Gasteiger partial charge in [0.15, 0.2) is 5.82 Å². The smallest absolute Gasteiger partial charge is 0.153 e. The molecule has 0 aliphatic heterocycles. The lowest BCUT2D eigenvalue weighted by molar-refractivity contribution is 0.389. The molecule has 21 heavy (non-hydrogen) atoms. The molecule has 3 aromatic rings. The Balaban J connectivity index is 2.15. The van der Waals surface area contributed by atoms with Crippen molar-refractivity contribution in [1.29, 1.82) is 0 Å². The molecule has 0 unspecified atom stereocenters. The summed E-state index contributed by atoms with van der Waals surface area (Å²) in [7, 11) is 0. The van der Waals surface area contributed by atoms with Gasteiger partial charge in [-0.3, -0.25) is 0 Å². The van der Waals surface area contributed by atoms with Crippen molar-refractivity contribution in [2.45, 2.75) is 19.9 Å². The molecule has 0 fully saturated rings. The molecule has 0 saturated heterocycles. The lowest BCUT2D eigenvalue weighted by Crippen LogP contribution is -2.06. The summed E-state index contributed by atoms with van der Waals surface area (Å²) in [6.07, 6.45) is 0.453. The van der Waals surface area contributed by atoms with Crippen molar-refractivity contribution in [3.8, 4) is 0 Å². The van der Waals surface area contributed by atoms with Gasteiger partial charge in [0.1, 0.15) is 28.6 Å². The molecule has 0 aliphatic rings. The highest BCUT2D eigenvalue weighted by Crippen LogP contribution is 2.22. The number of aryl methyl sites for hydroxylation is 2. The van der Waals surface area contributed by atoms with E-state index >= 15 is 0 Å². The fourth-order valence-electron chi connectivity index (χ4n) is 2.30. The van der Waals surface area contributed by atoms with Gasteiger partial charge >= 0.3 is 0 Å². The van der Waals surface area contributed by atoms with Gasteiger partial charge in [0.05, 0.1) is 12.1 Å². The second-order valence-electron chi connectivity index (χ2n) is 4.74. The van der Waals surface area contributed by atoms with E-state index < -0.39 is 11.6 Å². The monoisotopic (exact) mass is 311 g/mol. The van der Waals surface area contributed by atoms with E-state index in [1.54, 1.807) is 17.6 Å². The molecule has 2 aromatic heterocycles. The molecule has 3 rings (SSSR count). The van der Waals surface area contributed by atoms with Gasteiger partial charge < -0.3 is 9.09 Å². The van der Waals surface area contributed by atoms with E-state index in [1.807, 2.05) is 0 Å². The van der Waals surface area contributed by atoms with E-state index in [-0.39, 0.29) is 5.52 Å². The summed E-state index contributed by atoms with van der Waals surface area (Å²) in [5.41, 5.74) is 1.18. The number of rotatable bonds is 4. The summed E-state index contributed by atoms with van der Waals surface area (Å²) in [6.45, 7) is 2.10. The zero-order valence-corrected chi connectivity index (χ0v) is 12.0. The fourth-order valence-corrected chi connectivity index (χ4v) is 2.47. The number of imidazole rings is 1. The van der Waals surface area contributed by atoms with E-state index in [0.717, 1.165) is 6.07 Å². The van der Waals surface area contributed by atoms with Crippen LogP contribution in [0.2, 0.25) is 0 Å². The maximum absolute atomic E-state index is 13.8. The molecule has 110 valence electrons. The number of aromatic nitrogens is 3. The molecule has 7 heteroatoms. The fraction of sp³-hybridized carbons (Fsp3) is 0.286. The van der Waals surface area contributed by atoms with Crippen LogP contribution < -0.4 is 0 Å². The molecule has 0 bridgehead atoms. The van der Waals surface area contributed by atoms with Crippen LogP contribution in [0.25, 0.3) is 11.0 Å². The molecule has 1 aromatic carbocycles. The van der Waals surface area contributed by atoms with E-state index in [2.05, 4.69) is 10.1 Å². The van der Waals surface area contributed by atoms with Gasteiger partial charge in [-0.25, -0.2) is 13.8 Å². The molecule has 0 N–H and O–H groups in total. The minimum Gasteiger partial charge on any atom is -0.361 e. The molecular weight excluding hydrogens is 300 g/mol. The van der Waals surface area contributed by atoms with Crippen LogP contribution in [-0.4, -0.2) is 20.6 Å². The molecule has 2 heterocycles. The molecule has 0 amide bonds. The van der Waals surface area contributed by atoms with Crippen LogP contribution in [0.3, 0.4) is 0 Å². The first-order valence-corrected chi connectivity index (χ1v) is 6.94. The Morgan fingerprint density at radius 3 is 2.76 bits per heavy atom. The lowest BCUT2D eigenvalue weighted by Gasteiger charge is -2.06. The topological polar surface area (TPSA) is 43.9 Å². The van der Waals surface area contributed by atoms with Gasteiger partial charge in [0.2, 0.25) is 0 Å². The van der Waals surface area contributed by atoms with E-state index in [9.17, 15) is 8.78 Å². The van der Waals surface area contributed by atoms with Crippen molar-refractivity contribution in [2.24, 2.45) is 0 Å². The van der Waals surface area contributed by atoms with Gasteiger partial charge in [-0.15, -0.1) is 11.6 Å². The summed E-state index contributed by atoms with van der Waals surface area (Å²) in [6, 6.07) is 3.85. The van der Waals surface area contributed by atoms with Crippen molar-refractivity contribution >= 4 is 22.6 Å². The van der Waals surface area contributed by atoms with Crippen molar-refractivity contribution in [2.75, 3.05) is 5.88 Å². The number of hydrogen-bond acceptors (Lipinski definition) is 3. The average molecular weight is 312 g/mol. The summed E-state index contributed by atoms with van der Waals surface area (Å²) < 4.78 is 34.0. The first-order valence-electron chi connectivity index (χ1n) is 6.41. The number of fused-ring (bicyclic) bond motifs is 1. The molecule has 0 spiro atoms. The zero-order valence-electron chi connectivity index (χ0n) is 11.2. The number of nitrogens with zero attached hydrogens (tertiary/aromatic N) is 3. The van der Waals surface area contributed by atoms with Crippen LogP contribution >= 0.6 is 11.6 Å². The maximum atomic E-state index is 13.8. The Morgan fingerprint density at radius 2 is 2.10 bits per heavy atom. The van der Waals surface area contributed by atoms with Crippen molar-refractivity contribution < 1.29 is 13.3 Å². The zero-order chi connectivity index (χ0) is 15.0. The van der Waals surface area contributed by atoms with Gasteiger partial charge in [-0.1, -0.05) is 5.16 Å². The molecule has 0 radical (unpaired) electrons. The summed E-state index contributed by atoms with van der Waals surface area (Å²) in [5, 5.41) is 3.90. The number of benzene rings is 1. The van der Waals surface area contributed by atoms with Crippen molar-refractivity contribution in [1.82, 2.24) is 14.7 Å². The third-order valence-electron chi connectivity index (χ3n) is 3.17. The van der Waals surface area contributed by atoms with Crippen LogP contribution in [0.1, 0.15) is 17.3 Å². The number of halogens is 3. The standard InChI is InChI=1S/C14H12ClF2N3O/c1-8-4-10(19-21-8)7-20-12-6-9(16)5-11(17)14(12)18-13(20)2-3-15/h4-6H,2-3,7H2,1H3. The summed E-state index contributed by atoms with van der Waals surface area (Å²) in [5.74, 6) is 0.271. The highest BCUT2D eigenvalue weighted by molar-refractivity contribution is 6.17. The van der Waals surface area contributed by atoms with Gasteiger partial charge in [0.25, 0.3) is 0 Å². The van der Waals surface area contributed by atoms with Crippen LogP contribution in [0.15, 0.2) is 22.7 Å². The van der Waals surface area contributed by atoms with Gasteiger partial charge in [0, 0.05) is 24.4 Å². The average Bonchev–Trinajstić information content (AvgIpc) is 2.97. The van der Waals surface area contributed by atoms with Crippen LogP contribution in [-0.2, 0) is 13.0 Å². The Morgan fingerprint density at radius 1 is 1.29 bits per heavy atom. The second kappa shape index (κ2) is 5.44. The SMILES string of the molecule is Cc1cc(Cn2c(CCCl)nc3c(F)cc(F)cc32)no1. The highest BCUT2D eigenvalue weighted by atomic mass is 35.5. The minimum absolute atomic E-state index is 0.136.